The van der Waals surface area contributed by atoms with Crippen LogP contribution in [0.3, 0.4) is 0 Å². The molecule has 1 aromatic carbocycles. The van der Waals surface area contributed by atoms with Crippen LogP contribution < -0.4 is 0 Å². The van der Waals surface area contributed by atoms with Gasteiger partial charge in [-0.1, -0.05) is 18.2 Å². The van der Waals surface area contributed by atoms with Gasteiger partial charge in [0.1, 0.15) is 0 Å². The van der Waals surface area contributed by atoms with E-state index in [1.165, 1.54) is 12.1 Å². The lowest BCUT2D eigenvalue weighted by atomic mass is 9.90. The van der Waals surface area contributed by atoms with E-state index < -0.39 is 21.4 Å². The van der Waals surface area contributed by atoms with Crippen LogP contribution in [0.15, 0.2) is 29.2 Å². The van der Waals surface area contributed by atoms with Crippen molar-refractivity contribution in [3.63, 3.8) is 0 Å². The molecule has 0 radical (unpaired) electrons. The van der Waals surface area contributed by atoms with Gasteiger partial charge in [-0.05, 0) is 6.07 Å². The molecular weight excluding hydrogens is 244 g/mol. The second kappa shape index (κ2) is 3.82. The predicted octanol–water partition coefficient (Wildman–Crippen LogP) is 0.225. The van der Waals surface area contributed by atoms with Crippen LogP contribution in [0.4, 0.5) is 0 Å². The molecule has 1 heterocycles. The molecule has 0 aromatic heterocycles. The lowest BCUT2D eigenvalue weighted by Crippen LogP contribution is -2.42. The highest BCUT2D eigenvalue weighted by atomic mass is 32.2. The third-order valence-electron chi connectivity index (χ3n) is 2.92. The van der Waals surface area contributed by atoms with E-state index in [4.69, 9.17) is 0 Å². The summed E-state index contributed by atoms with van der Waals surface area (Å²) in [6, 6.07) is 5.95. The summed E-state index contributed by atoms with van der Waals surface area (Å²) in [7, 11) is -2.26. The molecule has 0 amide bonds. The van der Waals surface area contributed by atoms with Gasteiger partial charge >= 0.3 is 5.97 Å². The molecule has 1 N–H and O–H groups in total. The fourth-order valence-corrected chi connectivity index (χ4v) is 3.63. The van der Waals surface area contributed by atoms with Crippen molar-refractivity contribution in [2.24, 2.45) is 0 Å². The van der Waals surface area contributed by atoms with E-state index in [0.717, 1.165) is 7.11 Å². The van der Waals surface area contributed by atoms with Gasteiger partial charge in [0.2, 0.25) is 0 Å². The molecule has 6 heteroatoms. The van der Waals surface area contributed by atoms with Crippen molar-refractivity contribution in [3.8, 4) is 0 Å². The summed E-state index contributed by atoms with van der Waals surface area (Å²) in [5, 5.41) is 10.3. The van der Waals surface area contributed by atoms with Crippen molar-refractivity contribution >= 4 is 15.8 Å². The van der Waals surface area contributed by atoms with Gasteiger partial charge in [-0.3, -0.25) is 0 Å². The highest BCUT2D eigenvalue weighted by Gasteiger charge is 2.46. The Bertz CT molecular complexity index is 563. The van der Waals surface area contributed by atoms with E-state index in [2.05, 4.69) is 4.74 Å². The number of esters is 1. The minimum absolute atomic E-state index is 0.000787. The van der Waals surface area contributed by atoms with Crippen LogP contribution in [0.5, 0.6) is 0 Å². The molecule has 1 aromatic rings. The number of carbonyl (C=O) groups is 1. The zero-order valence-corrected chi connectivity index (χ0v) is 10.0. The maximum Gasteiger partial charge on any atom is 0.342 e. The van der Waals surface area contributed by atoms with Gasteiger partial charge in [-0.15, -0.1) is 0 Å². The lowest BCUT2D eigenvalue weighted by Gasteiger charge is -2.31. The summed E-state index contributed by atoms with van der Waals surface area (Å²) in [5.41, 5.74) is -1.77. The topological polar surface area (TPSA) is 80.7 Å². The Morgan fingerprint density at radius 1 is 1.41 bits per heavy atom. The molecule has 2 rings (SSSR count). The van der Waals surface area contributed by atoms with Crippen molar-refractivity contribution in [2.45, 2.75) is 16.9 Å². The Hall–Kier alpha value is -1.40. The Morgan fingerprint density at radius 2 is 2.06 bits per heavy atom. The molecule has 92 valence electrons. The van der Waals surface area contributed by atoms with Crippen LogP contribution in [-0.2, 0) is 25.0 Å². The molecule has 0 saturated carbocycles. The number of benzene rings is 1. The number of carbonyl (C=O) groups excluding carboxylic acids is 1. The first-order chi connectivity index (χ1) is 7.92. The van der Waals surface area contributed by atoms with Crippen molar-refractivity contribution in [2.75, 3.05) is 12.9 Å². The minimum Gasteiger partial charge on any atom is -0.467 e. The van der Waals surface area contributed by atoms with Gasteiger partial charge in [0.05, 0.1) is 17.8 Å². The molecule has 0 bridgehead atoms. The smallest absolute Gasteiger partial charge is 0.342 e. The van der Waals surface area contributed by atoms with E-state index in [1.54, 1.807) is 12.1 Å². The number of hydrogen-bond donors (Lipinski definition) is 1. The molecule has 0 aliphatic carbocycles. The first-order valence-corrected chi connectivity index (χ1v) is 6.70. The summed E-state index contributed by atoms with van der Waals surface area (Å²) in [4.78, 5) is 11.6. The number of fused-ring (bicyclic) bond motifs is 1. The third kappa shape index (κ3) is 1.73. The number of sulfone groups is 1. The Balaban J connectivity index is 2.68. The molecule has 1 unspecified atom stereocenters. The SMILES string of the molecule is COC(=O)C1(O)CCS(=O)(=O)c2ccccc21. The zero-order valence-electron chi connectivity index (χ0n) is 9.21. The monoisotopic (exact) mass is 256 g/mol. The fourth-order valence-electron chi connectivity index (χ4n) is 1.99. The Labute approximate surface area is 98.9 Å². The van der Waals surface area contributed by atoms with E-state index in [9.17, 15) is 18.3 Å². The first-order valence-electron chi connectivity index (χ1n) is 5.05. The van der Waals surface area contributed by atoms with E-state index in [0.29, 0.717) is 0 Å². The average Bonchev–Trinajstić information content (AvgIpc) is 2.34. The number of methoxy groups -OCH3 is 1. The van der Waals surface area contributed by atoms with Crippen LogP contribution in [0.2, 0.25) is 0 Å². The molecule has 1 atom stereocenters. The molecule has 0 saturated heterocycles. The van der Waals surface area contributed by atoms with Gasteiger partial charge in [-0.2, -0.15) is 0 Å². The van der Waals surface area contributed by atoms with E-state index >= 15 is 0 Å². The Morgan fingerprint density at radius 3 is 2.71 bits per heavy atom. The fraction of sp³-hybridized carbons (Fsp3) is 0.364. The highest BCUT2D eigenvalue weighted by molar-refractivity contribution is 7.91. The minimum atomic E-state index is -3.42. The molecular formula is C11H12O5S. The summed E-state index contributed by atoms with van der Waals surface area (Å²) in [5.74, 6) is -1.10. The van der Waals surface area contributed by atoms with Crippen molar-refractivity contribution in [1.29, 1.82) is 0 Å². The molecule has 1 aliphatic heterocycles. The van der Waals surface area contributed by atoms with Crippen LogP contribution in [0.1, 0.15) is 12.0 Å². The second-order valence-corrected chi connectivity index (χ2v) is 5.99. The number of aliphatic hydroxyl groups is 1. The number of ether oxygens (including phenoxy) is 1. The molecule has 5 nitrogen and oxygen atoms in total. The average molecular weight is 256 g/mol. The standard InChI is InChI=1S/C11H12O5S/c1-16-10(12)11(13)6-7-17(14,15)9-5-3-2-4-8(9)11/h2-5,13H,6-7H2,1H3. The molecule has 17 heavy (non-hydrogen) atoms. The maximum absolute atomic E-state index is 11.8. The quantitative estimate of drug-likeness (QED) is 0.727. The summed E-state index contributed by atoms with van der Waals surface area (Å²) in [6.07, 6.45) is -0.182. The van der Waals surface area contributed by atoms with E-state index in [1.807, 2.05) is 0 Å². The molecule has 0 fully saturated rings. The molecule has 0 spiro atoms. The first kappa shape index (κ1) is 12.1. The second-order valence-electron chi connectivity index (χ2n) is 3.92. The van der Waals surface area contributed by atoms with Crippen molar-refractivity contribution in [1.82, 2.24) is 0 Å². The zero-order chi connectivity index (χ0) is 12.7. The summed E-state index contributed by atoms with van der Waals surface area (Å²) >= 11 is 0. The van der Waals surface area contributed by atoms with Crippen molar-refractivity contribution < 1.29 is 23.1 Å². The van der Waals surface area contributed by atoms with Gasteiger partial charge < -0.3 is 9.84 Å². The largest absolute Gasteiger partial charge is 0.467 e. The van der Waals surface area contributed by atoms with Crippen LogP contribution in [0.25, 0.3) is 0 Å². The van der Waals surface area contributed by atoms with Crippen LogP contribution in [0, 0.1) is 0 Å². The van der Waals surface area contributed by atoms with Gasteiger partial charge in [0.25, 0.3) is 0 Å². The normalized spacial score (nSPS) is 26.0. The molecule has 1 aliphatic rings. The number of rotatable bonds is 1. The number of hydrogen-bond acceptors (Lipinski definition) is 5. The maximum atomic E-state index is 11.8. The van der Waals surface area contributed by atoms with E-state index in [-0.39, 0.29) is 22.6 Å². The summed E-state index contributed by atoms with van der Waals surface area (Å²) in [6.45, 7) is 0. The van der Waals surface area contributed by atoms with Gasteiger partial charge in [0.15, 0.2) is 15.4 Å². The van der Waals surface area contributed by atoms with Crippen LogP contribution in [-0.4, -0.2) is 32.4 Å². The van der Waals surface area contributed by atoms with Gasteiger partial charge in [-0.25, -0.2) is 13.2 Å². The highest BCUT2D eigenvalue weighted by Crippen LogP contribution is 2.37. The van der Waals surface area contributed by atoms with Gasteiger partial charge in [0, 0.05) is 12.0 Å². The third-order valence-corrected chi connectivity index (χ3v) is 4.69. The van der Waals surface area contributed by atoms with Crippen molar-refractivity contribution in [3.05, 3.63) is 29.8 Å². The van der Waals surface area contributed by atoms with Crippen LogP contribution >= 0.6 is 0 Å². The Kier molecular flexibility index (Phi) is 2.71. The summed E-state index contributed by atoms with van der Waals surface area (Å²) < 4.78 is 28.2. The lowest BCUT2D eigenvalue weighted by molar-refractivity contribution is -0.164. The predicted molar refractivity (Wildman–Crippen MR) is 59.0 cm³/mol.